The number of anilines is 1. The lowest BCUT2D eigenvalue weighted by Crippen LogP contribution is -2.27. The Labute approximate surface area is 147 Å². The van der Waals surface area contributed by atoms with Gasteiger partial charge >= 0.3 is 0 Å². The van der Waals surface area contributed by atoms with Crippen LogP contribution in [0.4, 0.5) is 10.1 Å². The molecule has 2 aromatic rings. The van der Waals surface area contributed by atoms with Crippen molar-refractivity contribution in [2.24, 2.45) is 5.92 Å². The minimum atomic E-state index is -0.353. The van der Waals surface area contributed by atoms with Gasteiger partial charge in [-0.15, -0.1) is 0 Å². The molecular formula is C20H23FN2O2. The summed E-state index contributed by atoms with van der Waals surface area (Å²) in [6.45, 7) is 3.56. The molecular weight excluding hydrogens is 319 g/mol. The zero-order valence-corrected chi connectivity index (χ0v) is 14.1. The number of halogens is 1. The summed E-state index contributed by atoms with van der Waals surface area (Å²) in [7, 11) is 0. The van der Waals surface area contributed by atoms with Crippen LogP contribution < -0.4 is 10.6 Å². The summed E-state index contributed by atoms with van der Waals surface area (Å²) in [5, 5.41) is 6.30. The molecule has 2 N–H and O–H groups in total. The Morgan fingerprint density at radius 1 is 1.04 bits per heavy atom. The Kier molecular flexibility index (Phi) is 6.14. The van der Waals surface area contributed by atoms with E-state index in [1.807, 2.05) is 24.3 Å². The first-order chi connectivity index (χ1) is 12.2. The highest BCUT2D eigenvalue weighted by molar-refractivity contribution is 6.04. The highest BCUT2D eigenvalue weighted by atomic mass is 19.1. The van der Waals surface area contributed by atoms with E-state index in [4.69, 9.17) is 4.74 Å². The van der Waals surface area contributed by atoms with Crippen molar-refractivity contribution in [3.63, 3.8) is 0 Å². The third kappa shape index (κ3) is 5.37. The molecule has 1 aliphatic rings. The largest absolute Gasteiger partial charge is 0.381 e. The zero-order chi connectivity index (χ0) is 17.5. The number of rotatable bonds is 6. The Morgan fingerprint density at radius 2 is 1.72 bits per heavy atom. The summed E-state index contributed by atoms with van der Waals surface area (Å²) in [5.41, 5.74) is 2.33. The van der Waals surface area contributed by atoms with Gasteiger partial charge in [0.15, 0.2) is 0 Å². The Bertz CT molecular complexity index is 680. The number of carbonyl (C=O) groups excluding carboxylic acids is 1. The molecule has 25 heavy (non-hydrogen) atoms. The molecule has 1 fully saturated rings. The number of benzene rings is 2. The highest BCUT2D eigenvalue weighted by Crippen LogP contribution is 2.15. The molecule has 5 heteroatoms. The second-order valence-electron chi connectivity index (χ2n) is 6.34. The summed E-state index contributed by atoms with van der Waals surface area (Å²) in [5.74, 6) is 0.0996. The molecule has 1 heterocycles. The molecule has 0 aliphatic carbocycles. The maximum atomic E-state index is 12.9. The second kappa shape index (κ2) is 8.74. The standard InChI is InChI=1S/C20H23FN2O2/c21-18-5-3-17(4-6-18)20(24)23-19-7-1-15(2-8-19)13-22-14-16-9-11-25-12-10-16/h1-8,16,22H,9-14H2,(H,23,24). The van der Waals surface area contributed by atoms with E-state index in [1.165, 1.54) is 29.8 Å². The predicted octanol–water partition coefficient (Wildman–Crippen LogP) is 3.59. The summed E-state index contributed by atoms with van der Waals surface area (Å²) < 4.78 is 18.3. The molecule has 0 aromatic heterocycles. The normalized spacial score (nSPS) is 15.1. The van der Waals surface area contributed by atoms with E-state index < -0.39 is 0 Å². The van der Waals surface area contributed by atoms with Crippen LogP contribution in [0.5, 0.6) is 0 Å². The first-order valence-electron chi connectivity index (χ1n) is 8.65. The SMILES string of the molecule is O=C(Nc1ccc(CNCC2CCOCC2)cc1)c1ccc(F)cc1. The summed E-state index contributed by atoms with van der Waals surface area (Å²) in [6.07, 6.45) is 2.25. The van der Waals surface area contributed by atoms with Crippen LogP contribution >= 0.6 is 0 Å². The van der Waals surface area contributed by atoms with E-state index in [-0.39, 0.29) is 11.7 Å². The van der Waals surface area contributed by atoms with Crippen molar-refractivity contribution >= 4 is 11.6 Å². The molecule has 0 bridgehead atoms. The molecule has 132 valence electrons. The van der Waals surface area contributed by atoms with Crippen LogP contribution in [0, 0.1) is 11.7 Å². The first kappa shape index (κ1) is 17.6. The van der Waals surface area contributed by atoms with Gasteiger partial charge in [0.25, 0.3) is 5.91 Å². The molecule has 1 aliphatic heterocycles. The molecule has 0 unspecified atom stereocenters. The lowest BCUT2D eigenvalue weighted by Gasteiger charge is -2.22. The van der Waals surface area contributed by atoms with Gasteiger partial charge in [-0.05, 0) is 67.3 Å². The number of amides is 1. The van der Waals surface area contributed by atoms with Crippen LogP contribution in [-0.4, -0.2) is 25.7 Å². The van der Waals surface area contributed by atoms with Gasteiger partial charge in [0, 0.05) is 31.0 Å². The van der Waals surface area contributed by atoms with E-state index in [0.717, 1.165) is 44.8 Å². The van der Waals surface area contributed by atoms with E-state index in [0.29, 0.717) is 11.5 Å². The number of ether oxygens (including phenoxy) is 1. The topological polar surface area (TPSA) is 50.4 Å². The highest BCUT2D eigenvalue weighted by Gasteiger charge is 2.12. The fourth-order valence-electron chi connectivity index (χ4n) is 2.88. The third-order valence-electron chi connectivity index (χ3n) is 4.42. The molecule has 2 aromatic carbocycles. The Hall–Kier alpha value is -2.24. The summed E-state index contributed by atoms with van der Waals surface area (Å²) >= 11 is 0. The van der Waals surface area contributed by atoms with Crippen molar-refractivity contribution in [2.75, 3.05) is 25.1 Å². The van der Waals surface area contributed by atoms with E-state index in [9.17, 15) is 9.18 Å². The van der Waals surface area contributed by atoms with Crippen LogP contribution in [0.15, 0.2) is 48.5 Å². The van der Waals surface area contributed by atoms with Gasteiger partial charge in [0.1, 0.15) is 5.82 Å². The first-order valence-corrected chi connectivity index (χ1v) is 8.65. The molecule has 0 saturated carbocycles. The van der Waals surface area contributed by atoms with E-state index >= 15 is 0 Å². The van der Waals surface area contributed by atoms with Crippen molar-refractivity contribution in [3.05, 3.63) is 65.5 Å². The zero-order valence-electron chi connectivity index (χ0n) is 14.1. The van der Waals surface area contributed by atoms with Gasteiger partial charge in [-0.1, -0.05) is 12.1 Å². The van der Waals surface area contributed by atoms with Crippen LogP contribution in [0.3, 0.4) is 0 Å². The lowest BCUT2D eigenvalue weighted by atomic mass is 10.0. The molecule has 1 amide bonds. The smallest absolute Gasteiger partial charge is 0.255 e. The van der Waals surface area contributed by atoms with Crippen LogP contribution in [0.2, 0.25) is 0 Å². The predicted molar refractivity (Wildman–Crippen MR) is 96.0 cm³/mol. The molecule has 0 spiro atoms. The van der Waals surface area contributed by atoms with Gasteiger partial charge < -0.3 is 15.4 Å². The van der Waals surface area contributed by atoms with Crippen molar-refractivity contribution in [1.82, 2.24) is 5.32 Å². The molecule has 1 saturated heterocycles. The second-order valence-corrected chi connectivity index (χ2v) is 6.34. The van der Waals surface area contributed by atoms with Gasteiger partial charge in [-0.25, -0.2) is 4.39 Å². The van der Waals surface area contributed by atoms with Crippen molar-refractivity contribution in [1.29, 1.82) is 0 Å². The quantitative estimate of drug-likeness (QED) is 0.843. The fourth-order valence-corrected chi connectivity index (χ4v) is 2.88. The monoisotopic (exact) mass is 342 g/mol. The van der Waals surface area contributed by atoms with Crippen LogP contribution in [0.1, 0.15) is 28.8 Å². The number of nitrogens with one attached hydrogen (secondary N) is 2. The van der Waals surface area contributed by atoms with Gasteiger partial charge in [0.2, 0.25) is 0 Å². The third-order valence-corrected chi connectivity index (χ3v) is 4.42. The summed E-state index contributed by atoms with van der Waals surface area (Å²) in [6, 6.07) is 13.3. The average molecular weight is 342 g/mol. The average Bonchev–Trinajstić information content (AvgIpc) is 2.64. The van der Waals surface area contributed by atoms with Crippen molar-refractivity contribution in [3.8, 4) is 0 Å². The summed E-state index contributed by atoms with van der Waals surface area (Å²) in [4.78, 5) is 12.1. The minimum absolute atomic E-state index is 0.245. The van der Waals surface area contributed by atoms with Gasteiger partial charge in [-0.3, -0.25) is 4.79 Å². The molecule has 0 atom stereocenters. The number of carbonyl (C=O) groups is 1. The molecule has 3 rings (SSSR count). The van der Waals surface area contributed by atoms with Crippen molar-refractivity contribution < 1.29 is 13.9 Å². The number of hydrogen-bond donors (Lipinski definition) is 2. The molecule has 4 nitrogen and oxygen atoms in total. The minimum Gasteiger partial charge on any atom is -0.381 e. The maximum absolute atomic E-state index is 12.9. The van der Waals surface area contributed by atoms with Crippen LogP contribution in [0.25, 0.3) is 0 Å². The Morgan fingerprint density at radius 3 is 2.40 bits per heavy atom. The van der Waals surface area contributed by atoms with E-state index in [2.05, 4.69) is 10.6 Å². The van der Waals surface area contributed by atoms with Crippen LogP contribution in [-0.2, 0) is 11.3 Å². The number of hydrogen-bond acceptors (Lipinski definition) is 3. The Balaban J connectivity index is 1.46. The molecule has 0 radical (unpaired) electrons. The van der Waals surface area contributed by atoms with Crippen molar-refractivity contribution in [2.45, 2.75) is 19.4 Å². The lowest BCUT2D eigenvalue weighted by molar-refractivity contribution is 0.0662. The maximum Gasteiger partial charge on any atom is 0.255 e. The fraction of sp³-hybridized carbons (Fsp3) is 0.350. The van der Waals surface area contributed by atoms with E-state index in [1.54, 1.807) is 0 Å². The van der Waals surface area contributed by atoms with Gasteiger partial charge in [-0.2, -0.15) is 0 Å². The van der Waals surface area contributed by atoms with Gasteiger partial charge in [0.05, 0.1) is 0 Å².